The molecule has 0 saturated carbocycles. The number of benzene rings is 3. The minimum atomic E-state index is -1.29. The Bertz CT molecular complexity index is 1270. The normalized spacial score (nSPS) is 17.6. The van der Waals surface area contributed by atoms with Crippen molar-refractivity contribution >= 4 is 39.1 Å². The second-order valence-electron chi connectivity index (χ2n) is 7.02. The van der Waals surface area contributed by atoms with Crippen LogP contribution in [0.1, 0.15) is 17.2 Å². The van der Waals surface area contributed by atoms with E-state index in [0.29, 0.717) is 10.2 Å². The molecule has 1 N–H and O–H groups in total. The molecular formula is C24H16BrF2NO4. The van der Waals surface area contributed by atoms with Gasteiger partial charge in [0.1, 0.15) is 23.1 Å². The third-order valence-electron chi connectivity index (χ3n) is 5.16. The highest BCUT2D eigenvalue weighted by molar-refractivity contribution is 9.10. The molecule has 1 fully saturated rings. The Kier molecular flexibility index (Phi) is 5.80. The number of ether oxygens (including phenoxy) is 1. The number of methoxy groups -OCH3 is 1. The third-order valence-corrected chi connectivity index (χ3v) is 5.78. The van der Waals surface area contributed by atoms with Gasteiger partial charge in [-0.05, 0) is 58.4 Å². The van der Waals surface area contributed by atoms with Crippen LogP contribution in [0, 0.1) is 11.6 Å². The van der Waals surface area contributed by atoms with Gasteiger partial charge in [0.15, 0.2) is 0 Å². The first-order chi connectivity index (χ1) is 15.3. The molecule has 1 saturated heterocycles. The van der Waals surface area contributed by atoms with Gasteiger partial charge in [0.25, 0.3) is 11.7 Å². The summed E-state index contributed by atoms with van der Waals surface area (Å²) in [5.74, 6) is -3.31. The number of aliphatic hydroxyl groups is 1. The molecule has 0 bridgehead atoms. The number of carbonyl (C=O) groups excluding carboxylic acids is 2. The molecule has 162 valence electrons. The molecule has 1 atom stereocenters. The molecule has 5 nitrogen and oxygen atoms in total. The zero-order valence-corrected chi connectivity index (χ0v) is 18.3. The van der Waals surface area contributed by atoms with Gasteiger partial charge in [-0.15, -0.1) is 0 Å². The molecule has 1 unspecified atom stereocenters. The van der Waals surface area contributed by atoms with Gasteiger partial charge in [-0.25, -0.2) is 8.78 Å². The Hall–Kier alpha value is -3.52. The van der Waals surface area contributed by atoms with Crippen LogP contribution >= 0.6 is 15.9 Å². The fourth-order valence-electron chi connectivity index (χ4n) is 3.69. The summed E-state index contributed by atoms with van der Waals surface area (Å²) in [5.41, 5.74) is -0.0295. The first-order valence-electron chi connectivity index (χ1n) is 9.48. The molecular weight excluding hydrogens is 484 g/mol. The zero-order valence-electron chi connectivity index (χ0n) is 16.7. The van der Waals surface area contributed by atoms with Crippen LogP contribution in [0.25, 0.3) is 5.76 Å². The number of ketones is 1. The minimum Gasteiger partial charge on any atom is -0.507 e. The van der Waals surface area contributed by atoms with Crippen molar-refractivity contribution in [3.63, 3.8) is 0 Å². The van der Waals surface area contributed by atoms with E-state index in [0.717, 1.165) is 11.0 Å². The number of hydrogen-bond acceptors (Lipinski definition) is 4. The van der Waals surface area contributed by atoms with Crippen LogP contribution in [0.3, 0.4) is 0 Å². The van der Waals surface area contributed by atoms with Crippen molar-refractivity contribution in [2.75, 3.05) is 12.0 Å². The van der Waals surface area contributed by atoms with Gasteiger partial charge in [-0.3, -0.25) is 14.5 Å². The molecule has 1 amide bonds. The van der Waals surface area contributed by atoms with Crippen molar-refractivity contribution in [3.8, 4) is 5.75 Å². The maximum Gasteiger partial charge on any atom is 0.300 e. The molecule has 1 heterocycles. The lowest BCUT2D eigenvalue weighted by atomic mass is 9.94. The lowest BCUT2D eigenvalue weighted by Gasteiger charge is -2.25. The number of anilines is 1. The number of amides is 1. The Morgan fingerprint density at radius 1 is 1.03 bits per heavy atom. The maximum atomic E-state index is 14.8. The minimum absolute atomic E-state index is 0.00918. The topological polar surface area (TPSA) is 66.8 Å². The Balaban J connectivity index is 1.97. The molecule has 32 heavy (non-hydrogen) atoms. The van der Waals surface area contributed by atoms with E-state index in [1.54, 1.807) is 12.1 Å². The van der Waals surface area contributed by atoms with Gasteiger partial charge in [-0.1, -0.05) is 24.3 Å². The van der Waals surface area contributed by atoms with Crippen LogP contribution in [0.4, 0.5) is 14.5 Å². The zero-order chi connectivity index (χ0) is 23.0. The fraction of sp³-hybridized carbons (Fsp3) is 0.0833. The largest absolute Gasteiger partial charge is 0.507 e. The van der Waals surface area contributed by atoms with Crippen LogP contribution in [-0.2, 0) is 9.59 Å². The molecule has 1 aliphatic rings. The lowest BCUT2D eigenvalue weighted by Crippen LogP contribution is -2.30. The van der Waals surface area contributed by atoms with Gasteiger partial charge < -0.3 is 9.84 Å². The van der Waals surface area contributed by atoms with Crippen molar-refractivity contribution in [2.24, 2.45) is 0 Å². The Morgan fingerprint density at radius 3 is 2.44 bits per heavy atom. The molecule has 1 aliphatic heterocycles. The molecule has 3 aromatic carbocycles. The molecule has 3 aromatic rings. The summed E-state index contributed by atoms with van der Waals surface area (Å²) >= 11 is 3.32. The highest BCUT2D eigenvalue weighted by atomic mass is 79.9. The van der Waals surface area contributed by atoms with Gasteiger partial charge >= 0.3 is 0 Å². The standard InChI is InChI=1S/C24H16BrF2NO4/c1-32-19-10-9-13(11-17(19)25)22(29)20-21(16-7-2-3-8-18(16)27)28(24(31)23(20)30)15-6-4-5-14(26)12-15/h2-12,21,29H,1H3/b22-20+. The first-order valence-corrected chi connectivity index (χ1v) is 10.3. The van der Waals surface area contributed by atoms with Gasteiger partial charge in [-0.2, -0.15) is 0 Å². The predicted octanol–water partition coefficient (Wildman–Crippen LogP) is 5.36. The van der Waals surface area contributed by atoms with E-state index in [9.17, 15) is 23.5 Å². The van der Waals surface area contributed by atoms with Crippen LogP contribution < -0.4 is 9.64 Å². The van der Waals surface area contributed by atoms with Crippen molar-refractivity contribution in [1.29, 1.82) is 0 Å². The van der Waals surface area contributed by atoms with Crippen molar-refractivity contribution in [1.82, 2.24) is 0 Å². The quantitative estimate of drug-likeness (QED) is 0.298. The monoisotopic (exact) mass is 499 g/mol. The van der Waals surface area contributed by atoms with E-state index in [2.05, 4.69) is 15.9 Å². The van der Waals surface area contributed by atoms with E-state index in [-0.39, 0.29) is 22.4 Å². The van der Waals surface area contributed by atoms with Gasteiger partial charge in [0.2, 0.25) is 0 Å². The highest BCUT2D eigenvalue weighted by Gasteiger charge is 2.47. The van der Waals surface area contributed by atoms with Crippen molar-refractivity contribution in [2.45, 2.75) is 6.04 Å². The Morgan fingerprint density at radius 2 is 1.78 bits per heavy atom. The van der Waals surface area contributed by atoms with E-state index in [4.69, 9.17) is 4.74 Å². The van der Waals surface area contributed by atoms with Crippen LogP contribution in [0.15, 0.2) is 76.8 Å². The first kappa shape index (κ1) is 21.7. The summed E-state index contributed by atoms with van der Waals surface area (Å²) < 4.78 is 34.4. The lowest BCUT2D eigenvalue weighted by molar-refractivity contribution is -0.132. The average molecular weight is 500 g/mol. The number of halogens is 3. The fourth-order valence-corrected chi connectivity index (χ4v) is 4.23. The van der Waals surface area contributed by atoms with Crippen LogP contribution in [0.5, 0.6) is 5.75 Å². The van der Waals surface area contributed by atoms with E-state index < -0.39 is 35.1 Å². The smallest absolute Gasteiger partial charge is 0.300 e. The molecule has 0 aliphatic carbocycles. The Labute approximate surface area is 190 Å². The van der Waals surface area contributed by atoms with E-state index in [1.165, 1.54) is 55.6 Å². The average Bonchev–Trinajstić information content (AvgIpc) is 3.04. The van der Waals surface area contributed by atoms with E-state index in [1.807, 2.05) is 0 Å². The number of carbonyl (C=O) groups is 2. The van der Waals surface area contributed by atoms with Crippen LogP contribution in [-0.4, -0.2) is 23.9 Å². The summed E-state index contributed by atoms with van der Waals surface area (Å²) in [4.78, 5) is 27.0. The summed E-state index contributed by atoms with van der Waals surface area (Å²) in [6, 6.07) is 14.0. The molecule has 8 heteroatoms. The molecule has 4 rings (SSSR count). The second kappa shape index (κ2) is 8.55. The number of aliphatic hydroxyl groups excluding tert-OH is 1. The van der Waals surface area contributed by atoms with E-state index >= 15 is 0 Å². The third kappa shape index (κ3) is 3.67. The summed E-state index contributed by atoms with van der Waals surface area (Å²) in [5, 5.41) is 11.1. The molecule has 0 radical (unpaired) electrons. The maximum absolute atomic E-state index is 14.8. The molecule has 0 spiro atoms. The van der Waals surface area contributed by atoms with Crippen molar-refractivity contribution < 1.29 is 28.2 Å². The highest BCUT2D eigenvalue weighted by Crippen LogP contribution is 2.43. The van der Waals surface area contributed by atoms with Crippen LogP contribution in [0.2, 0.25) is 0 Å². The summed E-state index contributed by atoms with van der Waals surface area (Å²) in [7, 11) is 1.47. The predicted molar refractivity (Wildman–Crippen MR) is 118 cm³/mol. The number of rotatable bonds is 4. The number of nitrogens with zero attached hydrogens (tertiary/aromatic N) is 1. The second-order valence-corrected chi connectivity index (χ2v) is 7.87. The van der Waals surface area contributed by atoms with Gasteiger partial charge in [0.05, 0.1) is 23.2 Å². The number of Topliss-reactive ketones (excluding diaryl/α,β-unsaturated/α-hetero) is 1. The summed E-state index contributed by atoms with van der Waals surface area (Å²) in [6.07, 6.45) is 0. The molecule has 0 aromatic heterocycles. The summed E-state index contributed by atoms with van der Waals surface area (Å²) in [6.45, 7) is 0. The number of hydrogen-bond donors (Lipinski definition) is 1. The SMILES string of the molecule is COc1ccc(/C(O)=C2\C(=O)C(=O)N(c3cccc(F)c3)C2c2ccccc2F)cc1Br. The van der Waals surface area contributed by atoms with Crippen molar-refractivity contribution in [3.05, 3.63) is 99.5 Å². The van der Waals surface area contributed by atoms with Gasteiger partial charge in [0, 0.05) is 16.8 Å².